The lowest BCUT2D eigenvalue weighted by Crippen LogP contribution is -2.14. The van der Waals surface area contributed by atoms with Gasteiger partial charge < -0.3 is 20.4 Å². The van der Waals surface area contributed by atoms with Gasteiger partial charge in [-0.15, -0.1) is 0 Å². The molecule has 0 aliphatic carbocycles. The van der Waals surface area contributed by atoms with E-state index in [1.54, 1.807) is 27.0 Å². The third-order valence-corrected chi connectivity index (χ3v) is 8.28. The first-order valence-electron chi connectivity index (χ1n) is 11.6. The lowest BCUT2D eigenvalue weighted by atomic mass is 10.0. The van der Waals surface area contributed by atoms with Crippen LogP contribution < -0.4 is 10.5 Å². The van der Waals surface area contributed by atoms with E-state index in [4.69, 9.17) is 15.5 Å². The fourth-order valence-corrected chi connectivity index (χ4v) is 5.40. The highest BCUT2D eigenvalue weighted by atomic mass is 32.2. The van der Waals surface area contributed by atoms with E-state index in [0.717, 1.165) is 28.4 Å². The summed E-state index contributed by atoms with van der Waals surface area (Å²) in [6.45, 7) is 3.31. The van der Waals surface area contributed by atoms with Gasteiger partial charge in [0.25, 0.3) is 0 Å². The second-order valence-electron chi connectivity index (χ2n) is 8.88. The summed E-state index contributed by atoms with van der Waals surface area (Å²) < 4.78 is 31.8. The predicted molar refractivity (Wildman–Crippen MR) is 142 cm³/mol. The van der Waals surface area contributed by atoms with Gasteiger partial charge in [0.05, 0.1) is 34.2 Å². The quantitative estimate of drug-likeness (QED) is 0.289. The van der Waals surface area contributed by atoms with Gasteiger partial charge in [-0.25, -0.2) is 18.4 Å². The number of rotatable bonds is 7. The summed E-state index contributed by atoms with van der Waals surface area (Å²) in [7, 11) is -2.00. The van der Waals surface area contributed by atoms with Gasteiger partial charge in [-0.2, -0.15) is 0 Å². The molecule has 0 aliphatic rings. The molecule has 4 N–H and O–H groups in total. The second kappa shape index (κ2) is 9.16. The Morgan fingerprint density at radius 2 is 1.67 bits per heavy atom. The van der Waals surface area contributed by atoms with Crippen molar-refractivity contribution in [2.75, 3.05) is 12.8 Å². The third-order valence-electron chi connectivity index (χ3n) is 6.12. The number of hydrogen-bond donors (Lipinski definition) is 3. The number of fused-ring (bicyclic) bond motifs is 1. The van der Waals surface area contributed by atoms with Crippen molar-refractivity contribution < 1.29 is 13.2 Å². The van der Waals surface area contributed by atoms with Gasteiger partial charge in [-0.1, -0.05) is 42.5 Å². The number of aromatic nitrogens is 4. The zero-order valence-corrected chi connectivity index (χ0v) is 21.1. The van der Waals surface area contributed by atoms with E-state index in [1.807, 2.05) is 60.7 Å². The Morgan fingerprint density at radius 3 is 2.33 bits per heavy atom. The third kappa shape index (κ3) is 4.33. The summed E-state index contributed by atoms with van der Waals surface area (Å²) in [4.78, 5) is 15.8. The van der Waals surface area contributed by atoms with Crippen LogP contribution in [0.5, 0.6) is 5.75 Å². The van der Waals surface area contributed by atoms with Crippen molar-refractivity contribution in [2.45, 2.75) is 30.4 Å². The number of anilines is 1. The van der Waals surface area contributed by atoms with Crippen LogP contribution in [0.4, 0.5) is 5.95 Å². The molecule has 0 fully saturated rings. The van der Waals surface area contributed by atoms with Crippen molar-refractivity contribution in [3.8, 4) is 28.3 Å². The van der Waals surface area contributed by atoms with Gasteiger partial charge in [0.1, 0.15) is 17.1 Å². The normalized spacial score (nSPS) is 11.9. The zero-order chi connectivity index (χ0) is 25.4. The Labute approximate surface area is 209 Å². The highest BCUT2D eigenvalue weighted by molar-refractivity contribution is 7.92. The van der Waals surface area contributed by atoms with Crippen LogP contribution in [0.15, 0.2) is 71.6 Å². The fraction of sp³-hybridized carbons (Fsp3) is 0.185. The number of nitrogens with two attached hydrogens (primary N) is 1. The summed E-state index contributed by atoms with van der Waals surface area (Å²) in [6.07, 6.45) is 0.570. The first-order chi connectivity index (χ1) is 17.3. The molecule has 0 amide bonds. The molecule has 0 bridgehead atoms. The number of nitrogens with zero attached hydrogens (tertiary/aromatic N) is 2. The Kier molecular flexibility index (Phi) is 6.01. The molecular formula is C27H27N5O3S. The number of benzene rings is 3. The molecule has 0 spiro atoms. The summed E-state index contributed by atoms with van der Waals surface area (Å²) in [5.74, 6) is 1.70. The SMILES string of the molecule is COc1ccc(Cc2nc(-c3cc(S(=O)(=O)C(C)C)c4nc(N)[nH]c4c3)c(-c3ccccc3)[nH]2)cc1. The summed E-state index contributed by atoms with van der Waals surface area (Å²) in [6, 6.07) is 21.2. The minimum absolute atomic E-state index is 0.136. The highest BCUT2D eigenvalue weighted by Crippen LogP contribution is 2.36. The summed E-state index contributed by atoms with van der Waals surface area (Å²) in [5.41, 5.74) is 10.9. The second-order valence-corrected chi connectivity index (χ2v) is 11.4. The number of nitrogen functional groups attached to an aromatic ring is 1. The smallest absolute Gasteiger partial charge is 0.198 e. The molecule has 184 valence electrons. The van der Waals surface area contributed by atoms with Crippen LogP contribution in [-0.4, -0.2) is 40.7 Å². The van der Waals surface area contributed by atoms with E-state index >= 15 is 0 Å². The number of methoxy groups -OCH3 is 1. The Hall–Kier alpha value is -4.11. The van der Waals surface area contributed by atoms with Crippen molar-refractivity contribution in [1.82, 2.24) is 19.9 Å². The summed E-state index contributed by atoms with van der Waals surface area (Å²) >= 11 is 0. The molecule has 8 nitrogen and oxygen atoms in total. The van der Waals surface area contributed by atoms with Crippen molar-refractivity contribution >= 4 is 26.8 Å². The molecule has 5 rings (SSSR count). The van der Waals surface area contributed by atoms with Crippen LogP contribution in [0.3, 0.4) is 0 Å². The highest BCUT2D eigenvalue weighted by Gasteiger charge is 2.26. The standard InChI is InChI=1S/C27H27N5O3S/c1-16(2)36(33,34)22-15-19(14-21-26(22)32-27(28)29-21)25-24(18-7-5-4-6-8-18)30-23(31-25)13-17-9-11-20(35-3)12-10-17/h4-12,14-16H,13H2,1-3H3,(H,30,31)(H3,28,29,32). The van der Waals surface area contributed by atoms with Crippen molar-refractivity contribution in [2.24, 2.45) is 0 Å². The minimum Gasteiger partial charge on any atom is -0.497 e. The molecule has 2 aromatic heterocycles. The first-order valence-corrected chi connectivity index (χ1v) is 13.1. The number of aromatic amines is 2. The summed E-state index contributed by atoms with van der Waals surface area (Å²) in [5, 5.41) is -0.618. The minimum atomic E-state index is -3.63. The van der Waals surface area contributed by atoms with Gasteiger partial charge >= 0.3 is 0 Å². The van der Waals surface area contributed by atoms with Gasteiger partial charge in [-0.3, -0.25) is 0 Å². The molecule has 5 aromatic rings. The fourth-order valence-electron chi connectivity index (χ4n) is 4.18. The van der Waals surface area contributed by atoms with Crippen LogP contribution in [0.1, 0.15) is 25.2 Å². The largest absolute Gasteiger partial charge is 0.497 e. The lowest BCUT2D eigenvalue weighted by molar-refractivity contribution is 0.414. The van der Waals surface area contributed by atoms with Crippen LogP contribution in [0.25, 0.3) is 33.5 Å². The van der Waals surface area contributed by atoms with E-state index in [-0.39, 0.29) is 10.8 Å². The molecule has 9 heteroatoms. The lowest BCUT2D eigenvalue weighted by Gasteiger charge is -2.11. The Bertz CT molecular complexity index is 1640. The average Bonchev–Trinajstić information content (AvgIpc) is 3.46. The van der Waals surface area contributed by atoms with Crippen LogP contribution in [0.2, 0.25) is 0 Å². The molecule has 0 atom stereocenters. The van der Waals surface area contributed by atoms with Crippen molar-refractivity contribution in [3.05, 3.63) is 78.1 Å². The first kappa shape index (κ1) is 23.6. The molecule has 3 aromatic carbocycles. The van der Waals surface area contributed by atoms with Gasteiger partial charge in [-0.05, 0) is 43.7 Å². The van der Waals surface area contributed by atoms with Crippen molar-refractivity contribution in [1.29, 1.82) is 0 Å². The van der Waals surface area contributed by atoms with Crippen LogP contribution >= 0.6 is 0 Å². The van der Waals surface area contributed by atoms with E-state index in [1.165, 1.54) is 0 Å². The molecule has 0 aliphatic heterocycles. The monoisotopic (exact) mass is 501 g/mol. The molecule has 2 heterocycles. The number of ether oxygens (including phenoxy) is 1. The van der Waals surface area contributed by atoms with Crippen LogP contribution in [-0.2, 0) is 16.3 Å². The van der Waals surface area contributed by atoms with Gasteiger partial charge in [0.2, 0.25) is 0 Å². The molecule has 0 radical (unpaired) electrons. The maximum absolute atomic E-state index is 13.3. The van der Waals surface area contributed by atoms with Crippen molar-refractivity contribution in [3.63, 3.8) is 0 Å². The maximum atomic E-state index is 13.3. The van der Waals surface area contributed by atoms with E-state index in [9.17, 15) is 8.42 Å². The molecular weight excluding hydrogens is 474 g/mol. The molecule has 0 unspecified atom stereocenters. The average molecular weight is 502 g/mol. The van der Waals surface area contributed by atoms with Gasteiger partial charge in [0.15, 0.2) is 15.8 Å². The number of H-pyrrole nitrogens is 2. The van der Waals surface area contributed by atoms with E-state index < -0.39 is 15.1 Å². The molecule has 36 heavy (non-hydrogen) atoms. The Morgan fingerprint density at radius 1 is 0.944 bits per heavy atom. The number of hydrogen-bond acceptors (Lipinski definition) is 6. The van der Waals surface area contributed by atoms with E-state index in [2.05, 4.69) is 15.0 Å². The number of imidazole rings is 2. The molecule has 0 saturated carbocycles. The number of nitrogens with one attached hydrogen (secondary N) is 2. The van der Waals surface area contributed by atoms with Gasteiger partial charge in [0, 0.05) is 17.5 Å². The van der Waals surface area contributed by atoms with Crippen LogP contribution in [0, 0.1) is 0 Å². The predicted octanol–water partition coefficient (Wildman–Crippen LogP) is 4.98. The zero-order valence-electron chi connectivity index (χ0n) is 20.2. The number of sulfone groups is 1. The topological polar surface area (TPSA) is 127 Å². The van der Waals surface area contributed by atoms with E-state index in [0.29, 0.717) is 28.7 Å². The maximum Gasteiger partial charge on any atom is 0.198 e. The Balaban J connectivity index is 1.69. The molecule has 0 saturated heterocycles.